The first-order valence-electron chi connectivity index (χ1n) is 7.30. The fourth-order valence-electron chi connectivity index (χ4n) is 3.13. The average molecular weight is 264 g/mol. The Morgan fingerprint density at radius 2 is 2.21 bits per heavy atom. The second-order valence-corrected chi connectivity index (χ2v) is 5.68. The number of aryl methyl sites for hydroxylation is 1. The lowest BCUT2D eigenvalue weighted by Gasteiger charge is -2.27. The summed E-state index contributed by atoms with van der Waals surface area (Å²) in [6.07, 6.45) is 2.35. The van der Waals surface area contributed by atoms with Crippen LogP contribution in [0, 0.1) is 18.7 Å². The van der Waals surface area contributed by atoms with Gasteiger partial charge in [0.1, 0.15) is 5.82 Å². The maximum absolute atomic E-state index is 13.5. The highest BCUT2D eigenvalue weighted by Crippen LogP contribution is 2.37. The van der Waals surface area contributed by atoms with Gasteiger partial charge in [0.05, 0.1) is 0 Å². The van der Waals surface area contributed by atoms with Crippen LogP contribution in [0.2, 0.25) is 0 Å². The van der Waals surface area contributed by atoms with Crippen LogP contribution in [0.25, 0.3) is 0 Å². The number of hydrogen-bond acceptors (Lipinski definition) is 2. The molecule has 106 valence electrons. The van der Waals surface area contributed by atoms with Crippen LogP contribution in [0.4, 0.5) is 4.39 Å². The van der Waals surface area contributed by atoms with Gasteiger partial charge in [-0.2, -0.15) is 0 Å². The molecule has 2 atom stereocenters. The molecule has 2 nitrogen and oxygen atoms in total. The molecule has 19 heavy (non-hydrogen) atoms. The van der Waals surface area contributed by atoms with Crippen LogP contribution in [-0.2, 0) is 0 Å². The van der Waals surface area contributed by atoms with E-state index in [4.69, 9.17) is 0 Å². The maximum atomic E-state index is 13.5. The van der Waals surface area contributed by atoms with Gasteiger partial charge < -0.3 is 5.32 Å². The van der Waals surface area contributed by atoms with E-state index in [9.17, 15) is 4.39 Å². The highest BCUT2D eigenvalue weighted by molar-refractivity contribution is 5.31. The molecule has 0 radical (unpaired) electrons. The second-order valence-electron chi connectivity index (χ2n) is 5.68. The number of hydrogen-bond donors (Lipinski definition) is 1. The molecule has 1 heterocycles. The number of likely N-dealkylation sites (tertiary alicyclic amines) is 1. The quantitative estimate of drug-likeness (QED) is 0.822. The molecule has 0 amide bonds. The molecule has 3 heteroatoms. The molecule has 1 N–H and O–H groups in total. The third kappa shape index (κ3) is 3.34. The van der Waals surface area contributed by atoms with Crippen LogP contribution < -0.4 is 5.32 Å². The minimum atomic E-state index is -0.124. The van der Waals surface area contributed by atoms with Crippen molar-refractivity contribution in [2.75, 3.05) is 26.7 Å². The molecule has 1 saturated heterocycles. The summed E-state index contributed by atoms with van der Waals surface area (Å²) in [5, 5.41) is 3.51. The monoisotopic (exact) mass is 264 g/mol. The van der Waals surface area contributed by atoms with Crippen LogP contribution in [0.1, 0.15) is 36.9 Å². The molecule has 2 unspecified atom stereocenters. The molecular weight excluding hydrogens is 239 g/mol. The molecule has 1 aliphatic rings. The molecule has 0 aliphatic carbocycles. The number of benzene rings is 1. The number of nitrogens with zero attached hydrogens (tertiary/aromatic N) is 1. The molecule has 1 aliphatic heterocycles. The highest BCUT2D eigenvalue weighted by atomic mass is 19.1. The second kappa shape index (κ2) is 6.49. The molecule has 0 spiro atoms. The van der Waals surface area contributed by atoms with Gasteiger partial charge in [0.25, 0.3) is 0 Å². The van der Waals surface area contributed by atoms with Gasteiger partial charge in [-0.05, 0) is 75.6 Å². The van der Waals surface area contributed by atoms with E-state index in [1.54, 1.807) is 12.1 Å². The van der Waals surface area contributed by atoms with E-state index in [-0.39, 0.29) is 5.82 Å². The molecule has 1 aromatic carbocycles. The zero-order valence-corrected chi connectivity index (χ0v) is 12.2. The summed E-state index contributed by atoms with van der Waals surface area (Å²) in [6.45, 7) is 7.45. The number of nitrogens with one attached hydrogen (secondary N) is 1. The van der Waals surface area contributed by atoms with Gasteiger partial charge in [0, 0.05) is 6.04 Å². The maximum Gasteiger partial charge on any atom is 0.123 e. The lowest BCUT2D eigenvalue weighted by atomic mass is 9.91. The highest BCUT2D eigenvalue weighted by Gasteiger charge is 2.33. The number of rotatable bonds is 5. The normalized spacial score (nSPS) is 24.0. The Bertz CT molecular complexity index is 419. The van der Waals surface area contributed by atoms with Gasteiger partial charge in [0.2, 0.25) is 0 Å². The van der Waals surface area contributed by atoms with Gasteiger partial charge in [-0.1, -0.05) is 13.0 Å². The first-order chi connectivity index (χ1) is 9.13. The van der Waals surface area contributed by atoms with Crippen LogP contribution in [-0.4, -0.2) is 31.6 Å². The molecular formula is C16H25FN2. The van der Waals surface area contributed by atoms with Crippen molar-refractivity contribution in [2.45, 2.75) is 32.7 Å². The van der Waals surface area contributed by atoms with Crippen LogP contribution in [0.5, 0.6) is 0 Å². The fraction of sp³-hybridized carbons (Fsp3) is 0.625. The standard InChI is InChI=1S/C16H25FN2/c1-4-8-18-11-13-7-9-19(3)16(13)15-10-14(17)6-5-12(15)2/h5-6,10,13,16,18H,4,7-9,11H2,1-3H3. The Labute approximate surface area is 116 Å². The zero-order chi connectivity index (χ0) is 13.8. The summed E-state index contributed by atoms with van der Waals surface area (Å²) in [7, 11) is 2.15. The predicted molar refractivity (Wildman–Crippen MR) is 77.8 cm³/mol. The first-order valence-corrected chi connectivity index (χ1v) is 7.30. The third-order valence-corrected chi connectivity index (χ3v) is 4.17. The topological polar surface area (TPSA) is 15.3 Å². The zero-order valence-electron chi connectivity index (χ0n) is 12.2. The van der Waals surface area contributed by atoms with Crippen molar-refractivity contribution in [3.05, 3.63) is 35.1 Å². The van der Waals surface area contributed by atoms with Crippen molar-refractivity contribution in [3.8, 4) is 0 Å². The first kappa shape index (κ1) is 14.5. The molecule has 1 aromatic rings. The summed E-state index contributed by atoms with van der Waals surface area (Å²) in [5.41, 5.74) is 2.35. The largest absolute Gasteiger partial charge is 0.316 e. The van der Waals surface area contributed by atoms with Gasteiger partial charge >= 0.3 is 0 Å². The summed E-state index contributed by atoms with van der Waals surface area (Å²) in [5.74, 6) is 0.457. The Morgan fingerprint density at radius 1 is 1.42 bits per heavy atom. The van der Waals surface area contributed by atoms with E-state index in [1.807, 2.05) is 6.07 Å². The van der Waals surface area contributed by atoms with Crippen molar-refractivity contribution in [1.82, 2.24) is 10.2 Å². The summed E-state index contributed by atoms with van der Waals surface area (Å²) < 4.78 is 13.5. The van der Waals surface area contributed by atoms with Crippen molar-refractivity contribution < 1.29 is 4.39 Å². The van der Waals surface area contributed by atoms with Crippen molar-refractivity contribution in [3.63, 3.8) is 0 Å². The van der Waals surface area contributed by atoms with E-state index in [2.05, 4.69) is 31.1 Å². The third-order valence-electron chi connectivity index (χ3n) is 4.17. The SMILES string of the molecule is CCCNCC1CCN(C)C1c1cc(F)ccc1C. The van der Waals surface area contributed by atoms with E-state index >= 15 is 0 Å². The van der Waals surface area contributed by atoms with Crippen molar-refractivity contribution >= 4 is 0 Å². The molecule has 2 rings (SSSR count). The summed E-state index contributed by atoms with van der Waals surface area (Å²) >= 11 is 0. The Morgan fingerprint density at radius 3 is 2.95 bits per heavy atom. The lowest BCUT2D eigenvalue weighted by molar-refractivity contribution is 0.270. The van der Waals surface area contributed by atoms with Crippen molar-refractivity contribution in [1.29, 1.82) is 0 Å². The predicted octanol–water partition coefficient (Wildman–Crippen LogP) is 3.13. The summed E-state index contributed by atoms with van der Waals surface area (Å²) in [6, 6.07) is 5.51. The van der Waals surface area contributed by atoms with E-state index in [0.29, 0.717) is 12.0 Å². The van der Waals surface area contributed by atoms with Crippen LogP contribution >= 0.6 is 0 Å². The molecule has 0 bridgehead atoms. The average Bonchev–Trinajstić information content (AvgIpc) is 2.74. The molecule has 0 aromatic heterocycles. The summed E-state index contributed by atoms with van der Waals surface area (Å²) in [4.78, 5) is 2.36. The Balaban J connectivity index is 2.16. The Kier molecular flexibility index (Phi) is 4.94. The van der Waals surface area contributed by atoms with Crippen molar-refractivity contribution in [2.24, 2.45) is 5.92 Å². The minimum absolute atomic E-state index is 0.124. The molecule has 0 saturated carbocycles. The molecule has 1 fully saturated rings. The fourth-order valence-corrected chi connectivity index (χ4v) is 3.13. The van der Waals surface area contributed by atoms with Crippen LogP contribution in [0.15, 0.2) is 18.2 Å². The van der Waals surface area contributed by atoms with Gasteiger partial charge in [-0.15, -0.1) is 0 Å². The van der Waals surface area contributed by atoms with E-state index in [1.165, 1.54) is 12.0 Å². The van der Waals surface area contributed by atoms with Gasteiger partial charge in [-0.25, -0.2) is 4.39 Å². The smallest absolute Gasteiger partial charge is 0.123 e. The minimum Gasteiger partial charge on any atom is -0.316 e. The van der Waals surface area contributed by atoms with Gasteiger partial charge in [0.15, 0.2) is 0 Å². The van der Waals surface area contributed by atoms with Gasteiger partial charge in [-0.3, -0.25) is 4.90 Å². The van der Waals surface area contributed by atoms with E-state index < -0.39 is 0 Å². The van der Waals surface area contributed by atoms with E-state index in [0.717, 1.165) is 31.6 Å². The lowest BCUT2D eigenvalue weighted by Crippen LogP contribution is -2.29. The Hall–Kier alpha value is -0.930. The van der Waals surface area contributed by atoms with Crippen LogP contribution in [0.3, 0.4) is 0 Å². The number of halogens is 1.